The SMILES string of the molecule is COCC(=O)CS(=O)Cc1ccc(Cl)cc1. The lowest BCUT2D eigenvalue weighted by Crippen LogP contribution is -2.16. The van der Waals surface area contributed by atoms with Crippen molar-refractivity contribution >= 4 is 28.2 Å². The maximum Gasteiger partial charge on any atom is 0.170 e. The van der Waals surface area contributed by atoms with E-state index >= 15 is 0 Å². The molecule has 1 rings (SSSR count). The summed E-state index contributed by atoms with van der Waals surface area (Å²) in [5.74, 6) is 0.262. The third kappa shape index (κ3) is 4.88. The van der Waals surface area contributed by atoms with Crippen LogP contribution in [0.15, 0.2) is 24.3 Å². The number of hydrogen-bond donors (Lipinski definition) is 0. The van der Waals surface area contributed by atoms with Gasteiger partial charge in [-0.2, -0.15) is 0 Å². The van der Waals surface area contributed by atoms with E-state index in [1.165, 1.54) is 7.11 Å². The Hall–Kier alpha value is -0.710. The summed E-state index contributed by atoms with van der Waals surface area (Å²) in [6.07, 6.45) is 0. The summed E-state index contributed by atoms with van der Waals surface area (Å²) in [6.45, 7) is 0.0202. The lowest BCUT2D eigenvalue weighted by molar-refractivity contribution is -0.120. The Bertz CT molecular complexity index is 375. The largest absolute Gasteiger partial charge is 0.377 e. The number of methoxy groups -OCH3 is 1. The Morgan fingerprint density at radius 1 is 1.38 bits per heavy atom. The van der Waals surface area contributed by atoms with Crippen LogP contribution in [0.5, 0.6) is 0 Å². The van der Waals surface area contributed by atoms with Gasteiger partial charge in [-0.25, -0.2) is 0 Å². The number of benzene rings is 1. The van der Waals surface area contributed by atoms with Gasteiger partial charge in [0.05, 0.1) is 5.75 Å². The van der Waals surface area contributed by atoms with Crippen LogP contribution in [0.3, 0.4) is 0 Å². The minimum atomic E-state index is -1.18. The number of Topliss-reactive ketones (excluding diaryl/α,β-unsaturated/α-hetero) is 1. The second kappa shape index (κ2) is 6.78. The molecule has 0 bridgehead atoms. The highest BCUT2D eigenvalue weighted by molar-refractivity contribution is 7.84. The molecule has 0 radical (unpaired) electrons. The van der Waals surface area contributed by atoms with Crippen molar-refractivity contribution < 1.29 is 13.7 Å². The number of hydrogen-bond acceptors (Lipinski definition) is 3. The zero-order valence-corrected chi connectivity index (χ0v) is 10.5. The third-order valence-corrected chi connectivity index (χ3v) is 3.42. The zero-order chi connectivity index (χ0) is 12.0. The van der Waals surface area contributed by atoms with Crippen LogP contribution in [-0.4, -0.2) is 29.5 Å². The minimum Gasteiger partial charge on any atom is -0.377 e. The van der Waals surface area contributed by atoms with Gasteiger partial charge in [0.1, 0.15) is 6.61 Å². The molecule has 0 N–H and O–H groups in total. The van der Waals surface area contributed by atoms with Crippen LogP contribution in [0.1, 0.15) is 5.56 Å². The van der Waals surface area contributed by atoms with E-state index in [0.717, 1.165) is 5.56 Å². The number of rotatable bonds is 6. The van der Waals surface area contributed by atoms with E-state index in [4.69, 9.17) is 11.6 Å². The Morgan fingerprint density at radius 2 is 2.00 bits per heavy atom. The summed E-state index contributed by atoms with van der Waals surface area (Å²) in [7, 11) is 0.263. The van der Waals surface area contributed by atoms with Crippen LogP contribution in [0.2, 0.25) is 5.02 Å². The van der Waals surface area contributed by atoms with Gasteiger partial charge >= 0.3 is 0 Å². The molecular weight excluding hydrogens is 248 g/mol. The van der Waals surface area contributed by atoms with Gasteiger partial charge in [0.15, 0.2) is 5.78 Å². The third-order valence-electron chi connectivity index (χ3n) is 1.87. The smallest absolute Gasteiger partial charge is 0.170 e. The lowest BCUT2D eigenvalue weighted by atomic mass is 10.2. The van der Waals surface area contributed by atoms with Crippen molar-refractivity contribution in [2.75, 3.05) is 19.5 Å². The van der Waals surface area contributed by atoms with Crippen molar-refractivity contribution in [2.24, 2.45) is 0 Å². The van der Waals surface area contributed by atoms with Crippen LogP contribution >= 0.6 is 11.6 Å². The minimum absolute atomic E-state index is 0.0202. The van der Waals surface area contributed by atoms with Gasteiger partial charge < -0.3 is 4.74 Å². The van der Waals surface area contributed by atoms with E-state index in [1.54, 1.807) is 24.3 Å². The summed E-state index contributed by atoms with van der Waals surface area (Å²) in [6, 6.07) is 7.10. The topological polar surface area (TPSA) is 43.4 Å². The number of halogens is 1. The molecular formula is C11H13ClO3S. The average Bonchev–Trinajstić information content (AvgIpc) is 2.21. The molecule has 0 heterocycles. The van der Waals surface area contributed by atoms with Crippen molar-refractivity contribution in [3.63, 3.8) is 0 Å². The highest BCUT2D eigenvalue weighted by atomic mass is 35.5. The predicted octanol–water partition coefficient (Wildman–Crippen LogP) is 1.80. The monoisotopic (exact) mass is 260 g/mol. The molecule has 88 valence electrons. The molecule has 16 heavy (non-hydrogen) atoms. The second-order valence-corrected chi connectivity index (χ2v) is 5.22. The maximum absolute atomic E-state index is 11.6. The zero-order valence-electron chi connectivity index (χ0n) is 8.94. The van der Waals surface area contributed by atoms with E-state index in [1.807, 2.05) is 0 Å². The van der Waals surface area contributed by atoms with Gasteiger partial charge in [-0.05, 0) is 17.7 Å². The average molecular weight is 261 g/mol. The van der Waals surface area contributed by atoms with Gasteiger partial charge in [0.2, 0.25) is 0 Å². The van der Waals surface area contributed by atoms with Crippen LogP contribution in [0, 0.1) is 0 Å². The second-order valence-electron chi connectivity index (χ2n) is 3.33. The summed E-state index contributed by atoms with van der Waals surface area (Å²) >= 11 is 5.73. The molecule has 1 unspecified atom stereocenters. The molecule has 1 aromatic rings. The molecule has 5 heteroatoms. The van der Waals surface area contributed by atoms with Crippen molar-refractivity contribution in [1.82, 2.24) is 0 Å². The van der Waals surface area contributed by atoms with E-state index in [-0.39, 0.29) is 18.1 Å². The number of ketones is 1. The van der Waals surface area contributed by atoms with Gasteiger partial charge in [-0.3, -0.25) is 9.00 Å². The van der Waals surface area contributed by atoms with Crippen LogP contribution < -0.4 is 0 Å². The van der Waals surface area contributed by atoms with E-state index in [9.17, 15) is 9.00 Å². The first-order valence-electron chi connectivity index (χ1n) is 4.72. The number of carbonyl (C=O) groups excluding carboxylic acids is 1. The molecule has 0 amide bonds. The summed E-state index contributed by atoms with van der Waals surface area (Å²) in [4.78, 5) is 11.2. The van der Waals surface area contributed by atoms with E-state index < -0.39 is 10.8 Å². The molecule has 3 nitrogen and oxygen atoms in total. The molecule has 1 atom stereocenters. The molecule has 0 fully saturated rings. The van der Waals surface area contributed by atoms with E-state index in [0.29, 0.717) is 10.8 Å². The van der Waals surface area contributed by atoms with Crippen molar-refractivity contribution in [1.29, 1.82) is 0 Å². The van der Waals surface area contributed by atoms with Crippen LogP contribution in [0.25, 0.3) is 0 Å². The van der Waals surface area contributed by atoms with E-state index in [2.05, 4.69) is 4.74 Å². The molecule has 0 aliphatic rings. The number of carbonyl (C=O) groups is 1. The Morgan fingerprint density at radius 3 is 2.56 bits per heavy atom. The normalized spacial score (nSPS) is 12.4. The predicted molar refractivity (Wildman–Crippen MR) is 65.0 cm³/mol. The van der Waals surface area contributed by atoms with Crippen LogP contribution in [0.4, 0.5) is 0 Å². The lowest BCUT2D eigenvalue weighted by Gasteiger charge is -2.02. The molecule has 0 saturated heterocycles. The van der Waals surface area contributed by atoms with Crippen molar-refractivity contribution in [2.45, 2.75) is 5.75 Å². The fraction of sp³-hybridized carbons (Fsp3) is 0.364. The summed E-state index contributed by atoms with van der Waals surface area (Å²) in [5.41, 5.74) is 0.910. The Balaban J connectivity index is 2.45. The Kier molecular flexibility index (Phi) is 5.66. The standard InChI is InChI=1S/C11H13ClO3S/c1-15-6-11(13)8-16(14)7-9-2-4-10(12)5-3-9/h2-5H,6-8H2,1H3. The molecule has 0 aromatic heterocycles. The van der Waals surface area contributed by atoms with Gasteiger partial charge in [0, 0.05) is 28.7 Å². The fourth-order valence-electron chi connectivity index (χ4n) is 1.20. The van der Waals surface area contributed by atoms with Gasteiger partial charge in [-0.15, -0.1) is 0 Å². The molecule has 0 saturated carbocycles. The van der Waals surface area contributed by atoms with Crippen molar-refractivity contribution in [3.05, 3.63) is 34.9 Å². The highest BCUT2D eigenvalue weighted by Crippen LogP contribution is 2.11. The van der Waals surface area contributed by atoms with Gasteiger partial charge in [-0.1, -0.05) is 23.7 Å². The maximum atomic E-state index is 11.6. The first-order valence-corrected chi connectivity index (χ1v) is 6.58. The molecule has 1 aromatic carbocycles. The Labute approximate surface area is 102 Å². The van der Waals surface area contributed by atoms with Crippen molar-refractivity contribution in [3.8, 4) is 0 Å². The first kappa shape index (κ1) is 13.4. The molecule has 0 spiro atoms. The summed E-state index contributed by atoms with van der Waals surface area (Å²) in [5, 5.41) is 0.644. The summed E-state index contributed by atoms with van der Waals surface area (Å²) < 4.78 is 16.3. The molecule has 0 aliphatic heterocycles. The molecule has 0 aliphatic carbocycles. The highest BCUT2D eigenvalue weighted by Gasteiger charge is 2.08. The quantitative estimate of drug-likeness (QED) is 0.783. The van der Waals surface area contributed by atoms with Gasteiger partial charge in [0.25, 0.3) is 0 Å². The van der Waals surface area contributed by atoms with Crippen LogP contribution in [-0.2, 0) is 26.1 Å². The fourth-order valence-corrected chi connectivity index (χ4v) is 2.43. The number of ether oxygens (including phenoxy) is 1. The first-order chi connectivity index (χ1) is 7.61.